The molecule has 4 rings (SSSR count). The van der Waals surface area contributed by atoms with Gasteiger partial charge in [0.2, 0.25) is 0 Å². The van der Waals surface area contributed by atoms with Gasteiger partial charge in [-0.15, -0.1) is 0 Å². The zero-order chi connectivity index (χ0) is 22.9. The number of carbonyl (C=O) groups is 1. The van der Waals surface area contributed by atoms with Crippen molar-refractivity contribution in [1.29, 1.82) is 0 Å². The van der Waals surface area contributed by atoms with Crippen LogP contribution in [0, 0.1) is 0 Å². The number of benzene rings is 3. The van der Waals surface area contributed by atoms with Crippen LogP contribution in [0.5, 0.6) is 11.5 Å². The summed E-state index contributed by atoms with van der Waals surface area (Å²) in [6.45, 7) is 4.01. The van der Waals surface area contributed by atoms with Crippen LogP contribution < -0.4 is 14.8 Å². The molecule has 1 N–H and O–H groups in total. The van der Waals surface area contributed by atoms with Gasteiger partial charge in [0, 0.05) is 25.2 Å². The summed E-state index contributed by atoms with van der Waals surface area (Å²) in [7, 11) is 1.66. The number of hydrogen-bond acceptors (Lipinski definition) is 5. The molecule has 0 bridgehead atoms. The zero-order valence-electron chi connectivity index (χ0n) is 18.9. The Bertz CT molecular complexity index is 1020. The lowest BCUT2D eigenvalue weighted by Gasteiger charge is -2.35. The molecule has 1 aliphatic rings. The van der Waals surface area contributed by atoms with Gasteiger partial charge in [-0.05, 0) is 41.5 Å². The molecule has 172 valence electrons. The number of rotatable bonds is 9. The van der Waals surface area contributed by atoms with Crippen LogP contribution in [0.2, 0.25) is 0 Å². The lowest BCUT2D eigenvalue weighted by Crippen LogP contribution is -2.43. The normalized spacial score (nSPS) is 14.9. The van der Waals surface area contributed by atoms with Crippen molar-refractivity contribution in [3.63, 3.8) is 0 Å². The van der Waals surface area contributed by atoms with Crippen molar-refractivity contribution in [1.82, 2.24) is 10.2 Å². The molecular formula is C27H30N2O4. The van der Waals surface area contributed by atoms with E-state index in [9.17, 15) is 4.79 Å². The van der Waals surface area contributed by atoms with Crippen molar-refractivity contribution >= 4 is 5.91 Å². The van der Waals surface area contributed by atoms with Crippen LogP contribution in [0.25, 0.3) is 0 Å². The van der Waals surface area contributed by atoms with E-state index in [-0.39, 0.29) is 11.9 Å². The summed E-state index contributed by atoms with van der Waals surface area (Å²) in [6, 6.07) is 25.4. The molecule has 1 fully saturated rings. The van der Waals surface area contributed by atoms with Gasteiger partial charge < -0.3 is 19.5 Å². The molecule has 1 atom stereocenters. The summed E-state index contributed by atoms with van der Waals surface area (Å²) in [4.78, 5) is 15.3. The Morgan fingerprint density at radius 2 is 1.73 bits per heavy atom. The number of hydrogen-bond donors (Lipinski definition) is 1. The molecule has 33 heavy (non-hydrogen) atoms. The summed E-state index contributed by atoms with van der Waals surface area (Å²) in [5.41, 5.74) is 2.80. The first-order valence-electron chi connectivity index (χ1n) is 11.2. The molecule has 0 radical (unpaired) electrons. The first-order valence-corrected chi connectivity index (χ1v) is 11.2. The minimum absolute atomic E-state index is 0.0567. The number of amides is 1. The summed E-state index contributed by atoms with van der Waals surface area (Å²) in [6.07, 6.45) is 0. The van der Waals surface area contributed by atoms with Crippen molar-refractivity contribution in [2.75, 3.05) is 40.0 Å². The minimum atomic E-state index is -0.119. The topological polar surface area (TPSA) is 60.0 Å². The number of ether oxygens (including phenoxy) is 3. The van der Waals surface area contributed by atoms with Crippen molar-refractivity contribution in [2.45, 2.75) is 12.6 Å². The number of morpholine rings is 1. The third-order valence-corrected chi connectivity index (χ3v) is 5.79. The highest BCUT2D eigenvalue weighted by Crippen LogP contribution is 2.24. The second kappa shape index (κ2) is 11.5. The molecule has 1 aliphatic heterocycles. The van der Waals surface area contributed by atoms with E-state index in [1.54, 1.807) is 13.2 Å². The van der Waals surface area contributed by atoms with Crippen molar-refractivity contribution in [3.05, 3.63) is 95.6 Å². The van der Waals surface area contributed by atoms with E-state index in [4.69, 9.17) is 14.2 Å². The smallest absolute Gasteiger partial charge is 0.251 e. The Labute approximate surface area is 195 Å². The van der Waals surface area contributed by atoms with Gasteiger partial charge in [-0.2, -0.15) is 0 Å². The standard InChI is InChI=1S/C27H30N2O4/c1-31-24-12-10-22(11-13-24)26(29-14-16-32-17-15-29)19-28-27(30)23-8-5-9-25(18-23)33-20-21-6-3-2-4-7-21/h2-13,18,26H,14-17,19-20H2,1H3,(H,28,30). The SMILES string of the molecule is COc1ccc(C(CNC(=O)c2cccc(OCc3ccccc3)c2)N2CCOCC2)cc1. The van der Waals surface area contributed by atoms with Crippen LogP contribution in [-0.4, -0.2) is 50.8 Å². The van der Waals surface area contributed by atoms with Gasteiger partial charge in [0.05, 0.1) is 26.4 Å². The van der Waals surface area contributed by atoms with E-state index < -0.39 is 0 Å². The molecule has 1 amide bonds. The lowest BCUT2D eigenvalue weighted by atomic mass is 10.0. The van der Waals surface area contributed by atoms with E-state index in [1.165, 1.54) is 0 Å². The maximum absolute atomic E-state index is 13.0. The van der Waals surface area contributed by atoms with Crippen molar-refractivity contribution < 1.29 is 19.0 Å². The van der Waals surface area contributed by atoms with Gasteiger partial charge in [0.25, 0.3) is 5.91 Å². The van der Waals surface area contributed by atoms with Gasteiger partial charge in [-0.1, -0.05) is 48.5 Å². The number of carbonyl (C=O) groups excluding carboxylic acids is 1. The van der Waals surface area contributed by atoms with Crippen LogP contribution in [0.3, 0.4) is 0 Å². The van der Waals surface area contributed by atoms with Crippen molar-refractivity contribution in [3.8, 4) is 11.5 Å². The molecule has 6 heteroatoms. The Kier molecular flexibility index (Phi) is 7.95. The molecule has 1 saturated heterocycles. The van der Waals surface area contributed by atoms with Gasteiger partial charge in [0.15, 0.2) is 0 Å². The number of nitrogens with zero attached hydrogens (tertiary/aromatic N) is 1. The first-order chi connectivity index (χ1) is 16.2. The van der Waals surface area contributed by atoms with Gasteiger partial charge in [0.1, 0.15) is 18.1 Å². The Morgan fingerprint density at radius 1 is 0.970 bits per heavy atom. The Balaban J connectivity index is 1.41. The molecule has 3 aromatic carbocycles. The highest BCUT2D eigenvalue weighted by molar-refractivity contribution is 5.94. The molecule has 6 nitrogen and oxygen atoms in total. The molecule has 0 saturated carbocycles. The minimum Gasteiger partial charge on any atom is -0.497 e. The van der Waals surface area contributed by atoms with Crippen LogP contribution in [-0.2, 0) is 11.3 Å². The second-order valence-corrected chi connectivity index (χ2v) is 7.95. The monoisotopic (exact) mass is 446 g/mol. The van der Waals surface area contributed by atoms with Gasteiger partial charge in [-0.25, -0.2) is 0 Å². The maximum atomic E-state index is 13.0. The third-order valence-electron chi connectivity index (χ3n) is 5.79. The molecule has 0 aliphatic carbocycles. The molecule has 0 spiro atoms. The highest BCUT2D eigenvalue weighted by atomic mass is 16.5. The molecule has 0 aromatic heterocycles. The van der Waals surface area contributed by atoms with E-state index in [0.29, 0.717) is 37.7 Å². The van der Waals surface area contributed by atoms with Gasteiger partial charge in [-0.3, -0.25) is 9.69 Å². The Hall–Kier alpha value is -3.35. The van der Waals surface area contributed by atoms with Crippen LogP contribution in [0.1, 0.15) is 27.5 Å². The van der Waals surface area contributed by atoms with Gasteiger partial charge >= 0.3 is 0 Å². The summed E-state index contributed by atoms with van der Waals surface area (Å²) >= 11 is 0. The molecule has 1 heterocycles. The quantitative estimate of drug-likeness (QED) is 0.537. The summed E-state index contributed by atoms with van der Waals surface area (Å²) in [5.74, 6) is 1.37. The van der Waals surface area contributed by atoms with Crippen LogP contribution in [0.15, 0.2) is 78.9 Å². The molecular weight excluding hydrogens is 416 g/mol. The van der Waals surface area contributed by atoms with E-state index in [1.807, 2.05) is 60.7 Å². The average Bonchev–Trinajstić information content (AvgIpc) is 2.89. The zero-order valence-corrected chi connectivity index (χ0v) is 18.9. The fourth-order valence-corrected chi connectivity index (χ4v) is 3.93. The fraction of sp³-hybridized carbons (Fsp3) is 0.296. The second-order valence-electron chi connectivity index (χ2n) is 7.95. The largest absolute Gasteiger partial charge is 0.497 e. The fourth-order valence-electron chi connectivity index (χ4n) is 3.93. The van der Waals surface area contributed by atoms with E-state index >= 15 is 0 Å². The lowest BCUT2D eigenvalue weighted by molar-refractivity contribution is 0.0162. The predicted octanol–water partition coefficient (Wildman–Crippen LogP) is 4.08. The van der Waals surface area contributed by atoms with Crippen LogP contribution >= 0.6 is 0 Å². The maximum Gasteiger partial charge on any atom is 0.251 e. The highest BCUT2D eigenvalue weighted by Gasteiger charge is 2.23. The van der Waals surface area contributed by atoms with E-state index in [0.717, 1.165) is 30.0 Å². The van der Waals surface area contributed by atoms with Crippen LogP contribution in [0.4, 0.5) is 0 Å². The summed E-state index contributed by atoms with van der Waals surface area (Å²) in [5, 5.41) is 3.12. The number of nitrogens with one attached hydrogen (secondary N) is 1. The number of methoxy groups -OCH3 is 1. The predicted molar refractivity (Wildman–Crippen MR) is 128 cm³/mol. The summed E-state index contributed by atoms with van der Waals surface area (Å²) < 4.78 is 16.7. The van der Waals surface area contributed by atoms with Crippen molar-refractivity contribution in [2.24, 2.45) is 0 Å². The molecule has 3 aromatic rings. The third kappa shape index (κ3) is 6.34. The van der Waals surface area contributed by atoms with E-state index in [2.05, 4.69) is 22.3 Å². The average molecular weight is 447 g/mol. The Morgan fingerprint density at radius 3 is 2.45 bits per heavy atom. The first kappa shape index (κ1) is 22.8. The molecule has 1 unspecified atom stereocenters.